The van der Waals surface area contributed by atoms with Crippen LogP contribution >= 0.6 is 12.6 Å². The van der Waals surface area contributed by atoms with Gasteiger partial charge < -0.3 is 9.64 Å². The first-order valence-corrected chi connectivity index (χ1v) is 9.46. The van der Waals surface area contributed by atoms with Crippen LogP contribution in [0.2, 0.25) is 0 Å². The number of esters is 1. The molecule has 8 heteroatoms. The minimum absolute atomic E-state index is 0.120. The van der Waals surface area contributed by atoms with E-state index in [2.05, 4.69) is 12.6 Å². The first kappa shape index (κ1) is 16.6. The van der Waals surface area contributed by atoms with Crippen molar-refractivity contribution in [1.82, 2.24) is 4.90 Å². The molecule has 21 heavy (non-hydrogen) atoms. The predicted octanol–water partition coefficient (Wildman–Crippen LogP) is 0.275. The van der Waals surface area contributed by atoms with Gasteiger partial charge in [-0.3, -0.25) is 4.79 Å². The lowest BCUT2D eigenvalue weighted by Crippen LogP contribution is -2.42. The number of likely N-dealkylation sites (tertiary alicyclic amines) is 1. The second kappa shape index (κ2) is 6.16. The zero-order valence-corrected chi connectivity index (χ0v) is 13.8. The van der Waals surface area contributed by atoms with Crippen LogP contribution in [0.5, 0.6) is 0 Å². The van der Waals surface area contributed by atoms with E-state index in [1.54, 1.807) is 4.90 Å². The van der Waals surface area contributed by atoms with Crippen LogP contribution in [0, 0.1) is 5.41 Å². The highest BCUT2D eigenvalue weighted by atomic mass is 32.2. The summed E-state index contributed by atoms with van der Waals surface area (Å²) in [4.78, 5) is 25.7. The zero-order chi connectivity index (χ0) is 15.7. The maximum atomic E-state index is 12.2. The summed E-state index contributed by atoms with van der Waals surface area (Å²) in [6.07, 6.45) is 1.78. The predicted molar refractivity (Wildman–Crippen MR) is 80.9 cm³/mol. The average Bonchev–Trinajstić information content (AvgIpc) is 2.82. The normalized spacial score (nSPS) is 26.8. The standard InChI is InChI=1S/C13H21NO5S2/c1-19-12(16)10-8-13(3-6-21(17,18)7-4-13)9-14(10)11(15)2-5-20/h10,20H,2-9H2,1H3. The van der Waals surface area contributed by atoms with Crippen LogP contribution in [-0.2, 0) is 24.2 Å². The average molecular weight is 335 g/mol. The van der Waals surface area contributed by atoms with Crippen molar-refractivity contribution < 1.29 is 22.7 Å². The first-order chi connectivity index (χ1) is 9.82. The van der Waals surface area contributed by atoms with E-state index >= 15 is 0 Å². The fourth-order valence-electron chi connectivity index (χ4n) is 3.24. The van der Waals surface area contributed by atoms with E-state index in [0.29, 0.717) is 31.6 Å². The van der Waals surface area contributed by atoms with Gasteiger partial charge in [0.2, 0.25) is 5.91 Å². The van der Waals surface area contributed by atoms with Crippen molar-refractivity contribution in [2.45, 2.75) is 31.7 Å². The minimum Gasteiger partial charge on any atom is -0.467 e. The maximum Gasteiger partial charge on any atom is 0.328 e. The van der Waals surface area contributed by atoms with Crippen molar-refractivity contribution in [3.63, 3.8) is 0 Å². The van der Waals surface area contributed by atoms with E-state index < -0.39 is 21.8 Å². The largest absolute Gasteiger partial charge is 0.467 e. The Hall–Kier alpha value is -0.760. The van der Waals surface area contributed by atoms with E-state index in [-0.39, 0.29) is 29.2 Å². The third-order valence-electron chi connectivity index (χ3n) is 4.51. The molecule has 2 heterocycles. The second-order valence-corrected chi connectivity index (χ2v) is 8.64. The summed E-state index contributed by atoms with van der Waals surface area (Å²) in [6, 6.07) is -0.594. The molecule has 0 N–H and O–H groups in total. The Bertz CT molecular complexity index is 517. The van der Waals surface area contributed by atoms with Gasteiger partial charge in [-0.15, -0.1) is 0 Å². The van der Waals surface area contributed by atoms with Crippen molar-refractivity contribution in [2.75, 3.05) is 30.9 Å². The Balaban J connectivity index is 2.18. The highest BCUT2D eigenvalue weighted by Gasteiger charge is 2.50. The van der Waals surface area contributed by atoms with Crippen molar-refractivity contribution in [2.24, 2.45) is 5.41 Å². The van der Waals surface area contributed by atoms with E-state index in [9.17, 15) is 18.0 Å². The van der Waals surface area contributed by atoms with Gasteiger partial charge in [-0.2, -0.15) is 12.6 Å². The molecule has 2 aliphatic heterocycles. The summed E-state index contributed by atoms with van der Waals surface area (Å²) >= 11 is 4.06. The number of rotatable bonds is 3. The molecular weight excluding hydrogens is 314 g/mol. The fourth-order valence-corrected chi connectivity index (χ4v) is 5.12. The van der Waals surface area contributed by atoms with E-state index in [1.165, 1.54) is 7.11 Å². The molecule has 0 saturated carbocycles. The first-order valence-electron chi connectivity index (χ1n) is 7.01. The molecule has 0 bridgehead atoms. The van der Waals surface area contributed by atoms with Crippen LogP contribution in [-0.4, -0.2) is 62.1 Å². The van der Waals surface area contributed by atoms with Gasteiger partial charge in [0.15, 0.2) is 0 Å². The van der Waals surface area contributed by atoms with E-state index in [0.717, 1.165) is 0 Å². The SMILES string of the molecule is COC(=O)C1CC2(CCS(=O)(=O)CC2)CN1C(=O)CCS. The molecule has 1 spiro atoms. The number of nitrogens with zero attached hydrogens (tertiary/aromatic N) is 1. The number of carbonyl (C=O) groups excluding carboxylic acids is 2. The summed E-state index contributed by atoms with van der Waals surface area (Å²) in [5.41, 5.74) is -0.267. The van der Waals surface area contributed by atoms with Gasteiger partial charge in [0, 0.05) is 13.0 Å². The molecule has 120 valence electrons. The molecule has 0 aliphatic carbocycles. The molecule has 0 aromatic heterocycles. The van der Waals surface area contributed by atoms with Crippen LogP contribution in [0.1, 0.15) is 25.7 Å². The fraction of sp³-hybridized carbons (Fsp3) is 0.846. The summed E-state index contributed by atoms with van der Waals surface area (Å²) < 4.78 is 28.0. The van der Waals surface area contributed by atoms with Crippen LogP contribution in [0.4, 0.5) is 0 Å². The van der Waals surface area contributed by atoms with Crippen molar-refractivity contribution in [1.29, 1.82) is 0 Å². The molecule has 2 rings (SSSR count). The molecule has 1 amide bonds. The van der Waals surface area contributed by atoms with Crippen LogP contribution in [0.15, 0.2) is 0 Å². The zero-order valence-electron chi connectivity index (χ0n) is 12.1. The van der Waals surface area contributed by atoms with Gasteiger partial charge >= 0.3 is 5.97 Å². The Kier molecular flexibility index (Phi) is 4.87. The lowest BCUT2D eigenvalue weighted by molar-refractivity contribution is -0.150. The van der Waals surface area contributed by atoms with Gasteiger partial charge in [0.1, 0.15) is 15.9 Å². The molecular formula is C13H21NO5S2. The number of carbonyl (C=O) groups is 2. The molecule has 0 radical (unpaired) electrons. The van der Waals surface area contributed by atoms with E-state index in [4.69, 9.17) is 4.74 Å². The third-order valence-corrected chi connectivity index (χ3v) is 6.39. The topological polar surface area (TPSA) is 80.8 Å². The number of hydrogen-bond acceptors (Lipinski definition) is 6. The number of hydrogen-bond donors (Lipinski definition) is 1. The molecule has 2 saturated heterocycles. The monoisotopic (exact) mass is 335 g/mol. The van der Waals surface area contributed by atoms with Crippen molar-refractivity contribution >= 4 is 34.3 Å². The molecule has 2 aliphatic rings. The van der Waals surface area contributed by atoms with Gasteiger partial charge in [0.25, 0.3) is 0 Å². The minimum atomic E-state index is -2.97. The Morgan fingerprint density at radius 3 is 2.48 bits per heavy atom. The Morgan fingerprint density at radius 1 is 1.33 bits per heavy atom. The second-order valence-electron chi connectivity index (χ2n) is 5.89. The van der Waals surface area contributed by atoms with Crippen LogP contribution < -0.4 is 0 Å². The molecule has 1 unspecified atom stereocenters. The number of ether oxygens (including phenoxy) is 1. The summed E-state index contributed by atoms with van der Waals surface area (Å²) in [5.74, 6) is 0.147. The highest BCUT2D eigenvalue weighted by Crippen LogP contribution is 2.44. The van der Waals surface area contributed by atoms with Gasteiger partial charge in [-0.05, 0) is 30.4 Å². The molecule has 6 nitrogen and oxygen atoms in total. The summed E-state index contributed by atoms with van der Waals surface area (Å²) in [7, 11) is -1.66. The summed E-state index contributed by atoms with van der Waals surface area (Å²) in [6.45, 7) is 0.439. The number of amides is 1. The number of sulfone groups is 1. The van der Waals surface area contributed by atoms with Gasteiger partial charge in [0.05, 0.1) is 18.6 Å². The van der Waals surface area contributed by atoms with Crippen molar-refractivity contribution in [3.8, 4) is 0 Å². The molecule has 1 atom stereocenters. The van der Waals surface area contributed by atoms with Gasteiger partial charge in [-0.1, -0.05) is 0 Å². The van der Waals surface area contributed by atoms with Gasteiger partial charge in [-0.25, -0.2) is 13.2 Å². The third kappa shape index (κ3) is 3.53. The van der Waals surface area contributed by atoms with Crippen LogP contribution in [0.3, 0.4) is 0 Å². The van der Waals surface area contributed by atoms with Crippen molar-refractivity contribution in [3.05, 3.63) is 0 Å². The van der Waals surface area contributed by atoms with E-state index in [1.807, 2.05) is 0 Å². The smallest absolute Gasteiger partial charge is 0.328 e. The molecule has 0 aromatic rings. The molecule has 0 aromatic carbocycles. The number of methoxy groups -OCH3 is 1. The maximum absolute atomic E-state index is 12.2. The Morgan fingerprint density at radius 2 is 1.95 bits per heavy atom. The van der Waals surface area contributed by atoms with Crippen LogP contribution in [0.25, 0.3) is 0 Å². The Labute approximate surface area is 130 Å². The lowest BCUT2D eigenvalue weighted by atomic mass is 9.80. The molecule has 2 fully saturated rings. The lowest BCUT2D eigenvalue weighted by Gasteiger charge is -2.32. The summed E-state index contributed by atoms with van der Waals surface area (Å²) in [5, 5.41) is 0. The number of thiol groups is 1. The highest BCUT2D eigenvalue weighted by molar-refractivity contribution is 7.91. The quantitative estimate of drug-likeness (QED) is 0.592.